The standard InChI is InChI=1S/C42H56N5O6P/c1-9-12-25-45-40(48)36(41(49)46(42(45)50)26-17-28-52-54(51-27-16-24-43)47(30(4)5)31(6)7)22-23-37-32(8)39(33-18-14-13-15-19-33)35-21-20-34(29-38(35)53-37)44(10-2)11-3/h13-15,18-23,29-31H,9-12,16-17,25-28H2,1-8H3/b36-22-,37-23-. The van der Waals surface area contributed by atoms with Crippen molar-refractivity contribution in [2.45, 2.75) is 93.2 Å². The van der Waals surface area contributed by atoms with Crippen LogP contribution in [-0.4, -0.2) is 83.8 Å². The number of unbranched alkanes of at least 4 members (excludes halogenated alkanes) is 1. The molecule has 1 fully saturated rings. The first-order valence-electron chi connectivity index (χ1n) is 19.1. The number of hydrogen-bond acceptors (Lipinski definition) is 9. The fraction of sp³-hybridized carbons (Fsp3) is 0.476. The number of nitrogens with zero attached hydrogens (tertiary/aromatic N) is 5. The largest absolute Gasteiger partial charge is 0.456 e. The summed E-state index contributed by atoms with van der Waals surface area (Å²) in [6.45, 7) is 18.8. The topological polar surface area (TPSA) is 116 Å². The summed E-state index contributed by atoms with van der Waals surface area (Å²) in [4.78, 5) is 46.0. The monoisotopic (exact) mass is 757 g/mol. The van der Waals surface area contributed by atoms with Crippen LogP contribution in [0.4, 0.5) is 10.5 Å². The molecule has 11 nitrogen and oxygen atoms in total. The number of nitriles is 1. The Kier molecular flexibility index (Phi) is 16.0. The van der Waals surface area contributed by atoms with Crippen molar-refractivity contribution >= 4 is 37.6 Å². The van der Waals surface area contributed by atoms with Crippen LogP contribution in [0, 0.1) is 11.3 Å². The van der Waals surface area contributed by atoms with Gasteiger partial charge in [0.25, 0.3) is 20.3 Å². The molecule has 0 N–H and O–H groups in total. The van der Waals surface area contributed by atoms with Crippen molar-refractivity contribution in [2.75, 3.05) is 44.3 Å². The molecule has 2 aliphatic heterocycles. The van der Waals surface area contributed by atoms with E-state index in [1.54, 1.807) is 6.08 Å². The quantitative estimate of drug-likeness (QED) is 0.0600. The minimum atomic E-state index is -1.47. The number of ether oxygens (including phenoxy) is 1. The van der Waals surface area contributed by atoms with Crippen LogP contribution in [0.15, 0.2) is 77.6 Å². The van der Waals surface area contributed by atoms with Gasteiger partial charge in [0.2, 0.25) is 0 Å². The van der Waals surface area contributed by atoms with Gasteiger partial charge >= 0.3 is 6.03 Å². The molecule has 4 rings (SSSR count). The summed E-state index contributed by atoms with van der Waals surface area (Å²) in [6.07, 6.45) is 5.12. The lowest BCUT2D eigenvalue weighted by atomic mass is 9.90. The Balaban J connectivity index is 1.65. The number of rotatable bonds is 19. The van der Waals surface area contributed by atoms with E-state index in [1.807, 2.05) is 38.1 Å². The maximum absolute atomic E-state index is 14.0. The highest BCUT2D eigenvalue weighted by Gasteiger charge is 2.41. The number of benzene rings is 2. The van der Waals surface area contributed by atoms with Gasteiger partial charge in [0, 0.05) is 61.2 Å². The van der Waals surface area contributed by atoms with Crippen LogP contribution in [0.5, 0.6) is 5.75 Å². The van der Waals surface area contributed by atoms with Crippen LogP contribution in [0.25, 0.3) is 5.57 Å². The summed E-state index contributed by atoms with van der Waals surface area (Å²) < 4.78 is 20.9. The molecule has 290 valence electrons. The number of anilines is 1. The molecule has 2 heterocycles. The van der Waals surface area contributed by atoms with E-state index in [0.717, 1.165) is 52.4 Å². The zero-order valence-corrected chi connectivity index (χ0v) is 34.0. The lowest BCUT2D eigenvalue weighted by Gasteiger charge is -2.36. The van der Waals surface area contributed by atoms with Crippen molar-refractivity contribution in [1.29, 1.82) is 5.26 Å². The first-order valence-corrected chi connectivity index (χ1v) is 20.3. The number of fused-ring (bicyclic) bond motifs is 1. The first kappa shape index (κ1) is 42.4. The molecule has 0 saturated carbocycles. The number of allylic oxidation sites excluding steroid dienone is 3. The van der Waals surface area contributed by atoms with Crippen molar-refractivity contribution < 1.29 is 28.2 Å². The average Bonchev–Trinajstić information content (AvgIpc) is 3.15. The molecule has 1 saturated heterocycles. The van der Waals surface area contributed by atoms with E-state index in [4.69, 9.17) is 19.0 Å². The summed E-state index contributed by atoms with van der Waals surface area (Å²) in [5.41, 5.74) is 4.77. The Labute approximate surface area is 322 Å². The zero-order chi connectivity index (χ0) is 39.4. The van der Waals surface area contributed by atoms with Gasteiger partial charge < -0.3 is 18.7 Å². The molecule has 0 aliphatic carbocycles. The minimum absolute atomic E-state index is 0.0568. The molecular weight excluding hydrogens is 701 g/mol. The molecule has 0 bridgehead atoms. The Hall–Kier alpha value is -4.33. The third-order valence-electron chi connectivity index (χ3n) is 9.33. The van der Waals surface area contributed by atoms with Gasteiger partial charge in [-0.25, -0.2) is 9.46 Å². The van der Waals surface area contributed by atoms with Gasteiger partial charge in [0.15, 0.2) is 0 Å². The average molecular weight is 758 g/mol. The van der Waals surface area contributed by atoms with Crippen LogP contribution in [0.2, 0.25) is 0 Å². The van der Waals surface area contributed by atoms with E-state index in [9.17, 15) is 14.4 Å². The number of barbiturate groups is 1. The van der Waals surface area contributed by atoms with Crippen molar-refractivity contribution in [3.8, 4) is 11.8 Å². The van der Waals surface area contributed by atoms with Crippen LogP contribution in [0.3, 0.4) is 0 Å². The number of urea groups is 1. The first-order chi connectivity index (χ1) is 26.0. The van der Waals surface area contributed by atoms with Crippen molar-refractivity contribution in [3.05, 3.63) is 88.7 Å². The predicted molar refractivity (Wildman–Crippen MR) is 214 cm³/mol. The third kappa shape index (κ3) is 10.0. The lowest BCUT2D eigenvalue weighted by molar-refractivity contribution is -0.136. The Morgan fingerprint density at radius 3 is 2.09 bits per heavy atom. The van der Waals surface area contributed by atoms with Crippen LogP contribution in [-0.2, 0) is 18.6 Å². The number of imide groups is 2. The van der Waals surface area contributed by atoms with E-state index < -0.39 is 26.4 Å². The second-order valence-corrected chi connectivity index (χ2v) is 15.2. The molecule has 0 radical (unpaired) electrons. The fourth-order valence-corrected chi connectivity index (χ4v) is 8.26. The van der Waals surface area contributed by atoms with Crippen LogP contribution in [0.1, 0.15) is 92.2 Å². The minimum Gasteiger partial charge on any atom is -0.456 e. The van der Waals surface area contributed by atoms with Gasteiger partial charge in [-0.2, -0.15) is 5.26 Å². The molecule has 2 aliphatic rings. The van der Waals surface area contributed by atoms with Crippen LogP contribution >= 0.6 is 8.53 Å². The smallest absolute Gasteiger partial charge is 0.333 e. The fourth-order valence-electron chi connectivity index (χ4n) is 6.64. The summed E-state index contributed by atoms with van der Waals surface area (Å²) in [5.74, 6) is -0.0845. The Morgan fingerprint density at radius 2 is 1.50 bits per heavy atom. The van der Waals surface area contributed by atoms with Gasteiger partial charge in [0.1, 0.15) is 17.1 Å². The molecule has 12 heteroatoms. The molecule has 1 atom stereocenters. The number of carbonyl (C=O) groups excluding carboxylic acids is 3. The Morgan fingerprint density at radius 1 is 0.870 bits per heavy atom. The highest BCUT2D eigenvalue weighted by Crippen LogP contribution is 2.46. The van der Waals surface area contributed by atoms with E-state index in [2.05, 4.69) is 81.4 Å². The van der Waals surface area contributed by atoms with Crippen molar-refractivity contribution in [3.63, 3.8) is 0 Å². The second-order valence-electron chi connectivity index (χ2n) is 13.7. The van der Waals surface area contributed by atoms with Gasteiger partial charge in [0.05, 0.1) is 25.7 Å². The maximum atomic E-state index is 14.0. The van der Waals surface area contributed by atoms with E-state index in [0.29, 0.717) is 24.4 Å². The summed E-state index contributed by atoms with van der Waals surface area (Å²) in [7, 11) is -1.47. The summed E-state index contributed by atoms with van der Waals surface area (Å²) in [6, 6.07) is 18.0. The molecule has 2 aromatic carbocycles. The van der Waals surface area contributed by atoms with Crippen molar-refractivity contribution in [2.24, 2.45) is 0 Å². The second kappa shape index (κ2) is 20.4. The number of hydrogen-bond donors (Lipinski definition) is 0. The van der Waals surface area contributed by atoms with Crippen LogP contribution < -0.4 is 9.64 Å². The van der Waals surface area contributed by atoms with E-state index in [-0.39, 0.29) is 50.4 Å². The predicted octanol–water partition coefficient (Wildman–Crippen LogP) is 8.83. The molecule has 1 unspecified atom stereocenters. The van der Waals surface area contributed by atoms with Crippen molar-refractivity contribution in [1.82, 2.24) is 14.5 Å². The lowest BCUT2D eigenvalue weighted by Crippen LogP contribution is -2.56. The van der Waals surface area contributed by atoms with Gasteiger partial charge in [-0.05, 0) is 96.7 Å². The Bertz CT molecular complexity index is 1750. The highest BCUT2D eigenvalue weighted by molar-refractivity contribution is 7.44. The normalized spacial score (nSPS) is 16.9. The highest BCUT2D eigenvalue weighted by atomic mass is 31.2. The molecule has 54 heavy (non-hydrogen) atoms. The summed E-state index contributed by atoms with van der Waals surface area (Å²) >= 11 is 0. The number of carbonyl (C=O) groups is 3. The molecule has 4 amide bonds. The van der Waals surface area contributed by atoms with E-state index >= 15 is 0 Å². The van der Waals surface area contributed by atoms with Gasteiger partial charge in [-0.1, -0.05) is 43.7 Å². The molecule has 0 spiro atoms. The number of amides is 4. The summed E-state index contributed by atoms with van der Waals surface area (Å²) in [5, 5.41) is 9.03. The maximum Gasteiger partial charge on any atom is 0.333 e. The molecular formula is C42H56N5O6P. The zero-order valence-electron chi connectivity index (χ0n) is 33.1. The SMILES string of the molecule is CCCCN1C(=O)/C(=C/C=C2\Oc3cc(N(CC)CC)ccc3C(c3ccccc3)=C2C)C(=O)N(CCCOP(OCCC#N)N(C(C)C)C(C)C)C1=O. The molecule has 0 aromatic heterocycles. The van der Waals surface area contributed by atoms with Gasteiger partial charge in [-0.3, -0.25) is 19.4 Å². The van der Waals surface area contributed by atoms with Gasteiger partial charge in [-0.15, -0.1) is 0 Å². The van der Waals surface area contributed by atoms with E-state index in [1.165, 1.54) is 11.0 Å². The molecule has 2 aromatic rings. The third-order valence-corrected chi connectivity index (χ3v) is 11.4.